The van der Waals surface area contributed by atoms with Gasteiger partial charge in [-0.05, 0) is 50.1 Å². The molecule has 0 heterocycles. The van der Waals surface area contributed by atoms with Crippen LogP contribution in [0, 0.1) is 0 Å². The van der Waals surface area contributed by atoms with E-state index in [1.165, 1.54) is 4.90 Å². The minimum Gasteiger partial charge on any atom is -0.482 e. The molecule has 0 aliphatic carbocycles. The lowest BCUT2D eigenvalue weighted by Gasteiger charge is -2.31. The lowest BCUT2D eigenvalue weighted by Crippen LogP contribution is -2.51. The van der Waals surface area contributed by atoms with E-state index >= 15 is 0 Å². The predicted octanol–water partition coefficient (Wildman–Crippen LogP) is 5.36. The Morgan fingerprint density at radius 3 is 2.33 bits per heavy atom. The molecule has 2 amide bonds. The molecule has 2 aromatic rings. The molecule has 2 aromatic carbocycles. The van der Waals surface area contributed by atoms with E-state index in [1.807, 2.05) is 20.8 Å². The average molecular weight is 472 g/mol. The van der Waals surface area contributed by atoms with Gasteiger partial charge in [0.1, 0.15) is 11.8 Å². The number of amides is 2. The largest absolute Gasteiger partial charge is 0.482 e. The van der Waals surface area contributed by atoms with Gasteiger partial charge in [-0.25, -0.2) is 0 Å². The quantitative estimate of drug-likeness (QED) is 0.536. The zero-order valence-electron chi connectivity index (χ0n) is 17.1. The van der Waals surface area contributed by atoms with Gasteiger partial charge in [-0.15, -0.1) is 0 Å². The number of carbonyl (C=O) groups excluding carboxylic acids is 2. The van der Waals surface area contributed by atoms with Crippen LogP contribution in [-0.4, -0.2) is 35.4 Å². The number of benzene rings is 2. The number of ether oxygens (including phenoxy) is 1. The molecule has 0 fully saturated rings. The lowest BCUT2D eigenvalue weighted by molar-refractivity contribution is -0.143. The van der Waals surface area contributed by atoms with Crippen molar-refractivity contribution in [3.05, 3.63) is 63.1 Å². The summed E-state index contributed by atoms with van der Waals surface area (Å²) in [5.41, 5.74) is 0.756. The van der Waals surface area contributed by atoms with Crippen molar-refractivity contribution in [1.29, 1.82) is 0 Å². The molecule has 30 heavy (non-hydrogen) atoms. The van der Waals surface area contributed by atoms with E-state index in [-0.39, 0.29) is 31.0 Å². The van der Waals surface area contributed by atoms with E-state index in [4.69, 9.17) is 39.5 Å². The summed E-state index contributed by atoms with van der Waals surface area (Å²) in [7, 11) is 0. The molecule has 0 aliphatic heterocycles. The van der Waals surface area contributed by atoms with Gasteiger partial charge in [0.25, 0.3) is 5.91 Å². The Morgan fingerprint density at radius 2 is 1.73 bits per heavy atom. The second-order valence-electron chi connectivity index (χ2n) is 7.08. The summed E-state index contributed by atoms with van der Waals surface area (Å²) in [6, 6.07) is 11.3. The van der Waals surface area contributed by atoms with Crippen LogP contribution in [0.25, 0.3) is 0 Å². The van der Waals surface area contributed by atoms with Gasteiger partial charge >= 0.3 is 0 Å². The van der Waals surface area contributed by atoms with Crippen LogP contribution in [0.1, 0.15) is 32.8 Å². The molecule has 0 bridgehead atoms. The number of para-hydroxylation sites is 1. The van der Waals surface area contributed by atoms with Gasteiger partial charge in [0.05, 0.1) is 15.1 Å². The third-order valence-electron chi connectivity index (χ3n) is 4.34. The molecular formula is C22H25Cl3N2O3. The first kappa shape index (κ1) is 24.3. The van der Waals surface area contributed by atoms with Gasteiger partial charge < -0.3 is 15.0 Å². The minimum absolute atomic E-state index is 0.0483. The molecule has 0 saturated carbocycles. The highest BCUT2D eigenvalue weighted by atomic mass is 35.5. The van der Waals surface area contributed by atoms with Crippen molar-refractivity contribution in [3.8, 4) is 5.75 Å². The molecule has 1 unspecified atom stereocenters. The van der Waals surface area contributed by atoms with E-state index < -0.39 is 6.04 Å². The van der Waals surface area contributed by atoms with Crippen LogP contribution in [-0.2, 0) is 16.1 Å². The Bertz CT molecular complexity index is 890. The molecule has 0 radical (unpaired) electrons. The third-order valence-corrected chi connectivity index (χ3v) is 5.39. The minimum atomic E-state index is -0.663. The monoisotopic (exact) mass is 470 g/mol. The lowest BCUT2D eigenvalue weighted by atomic mass is 10.1. The van der Waals surface area contributed by atoms with Crippen molar-refractivity contribution in [2.75, 3.05) is 6.61 Å². The topological polar surface area (TPSA) is 58.6 Å². The number of hydrogen-bond donors (Lipinski definition) is 1. The van der Waals surface area contributed by atoms with Gasteiger partial charge in [-0.3, -0.25) is 9.59 Å². The fraction of sp³-hybridized carbons (Fsp3) is 0.364. The Labute approximate surface area is 192 Å². The number of nitrogens with zero attached hydrogens (tertiary/aromatic N) is 1. The first-order valence-corrected chi connectivity index (χ1v) is 10.8. The van der Waals surface area contributed by atoms with Crippen molar-refractivity contribution in [3.63, 3.8) is 0 Å². The van der Waals surface area contributed by atoms with E-state index in [1.54, 1.807) is 42.5 Å². The standard InChI is InChI=1S/C22H25Cl3N2O3/c1-4-19(22(29)26-14(2)3)27(12-15-9-10-16(23)18(25)11-15)21(28)13-30-20-8-6-5-7-17(20)24/h5-11,14,19H,4,12-13H2,1-3H3,(H,26,29). The zero-order valence-corrected chi connectivity index (χ0v) is 19.4. The second kappa shape index (κ2) is 11.4. The van der Waals surface area contributed by atoms with Crippen LogP contribution >= 0.6 is 34.8 Å². The van der Waals surface area contributed by atoms with Gasteiger partial charge in [-0.2, -0.15) is 0 Å². The van der Waals surface area contributed by atoms with Gasteiger partial charge in [0.2, 0.25) is 5.91 Å². The Balaban J connectivity index is 2.25. The molecule has 1 N–H and O–H groups in total. The second-order valence-corrected chi connectivity index (χ2v) is 8.30. The normalized spacial score (nSPS) is 11.8. The molecule has 2 rings (SSSR count). The molecular weight excluding hydrogens is 447 g/mol. The molecule has 0 spiro atoms. The van der Waals surface area contributed by atoms with E-state index in [2.05, 4.69) is 5.32 Å². The Kier molecular flexibility index (Phi) is 9.28. The fourth-order valence-electron chi connectivity index (χ4n) is 2.92. The van der Waals surface area contributed by atoms with Gasteiger partial charge in [0, 0.05) is 12.6 Å². The predicted molar refractivity (Wildman–Crippen MR) is 121 cm³/mol. The summed E-state index contributed by atoms with van der Waals surface area (Å²) in [5, 5.41) is 4.09. The molecule has 1 atom stereocenters. The smallest absolute Gasteiger partial charge is 0.261 e. The summed E-state index contributed by atoms with van der Waals surface area (Å²) in [6.45, 7) is 5.53. The Hall–Kier alpha value is -1.95. The highest BCUT2D eigenvalue weighted by molar-refractivity contribution is 6.42. The van der Waals surface area contributed by atoms with Crippen molar-refractivity contribution in [1.82, 2.24) is 10.2 Å². The van der Waals surface area contributed by atoms with Gasteiger partial charge in [0.15, 0.2) is 6.61 Å². The number of carbonyl (C=O) groups is 2. The number of hydrogen-bond acceptors (Lipinski definition) is 3. The van der Waals surface area contributed by atoms with Crippen LogP contribution in [0.2, 0.25) is 15.1 Å². The summed E-state index contributed by atoms with van der Waals surface area (Å²) >= 11 is 18.2. The summed E-state index contributed by atoms with van der Waals surface area (Å²) in [4.78, 5) is 27.3. The fourth-order valence-corrected chi connectivity index (χ4v) is 3.43. The first-order chi connectivity index (χ1) is 14.2. The molecule has 0 aliphatic rings. The van der Waals surface area contributed by atoms with Crippen LogP contribution < -0.4 is 10.1 Å². The zero-order chi connectivity index (χ0) is 22.3. The summed E-state index contributed by atoms with van der Waals surface area (Å²) in [6.07, 6.45) is 0.442. The molecule has 8 heteroatoms. The number of rotatable bonds is 9. The highest BCUT2D eigenvalue weighted by Crippen LogP contribution is 2.25. The number of halogens is 3. The Morgan fingerprint density at radius 1 is 1.03 bits per heavy atom. The molecule has 0 saturated heterocycles. The number of nitrogens with one attached hydrogen (secondary N) is 1. The summed E-state index contributed by atoms with van der Waals surface area (Å²) < 4.78 is 5.61. The summed E-state index contributed by atoms with van der Waals surface area (Å²) in [5.74, 6) is -0.160. The molecule has 162 valence electrons. The van der Waals surface area contributed by atoms with E-state index in [0.717, 1.165) is 5.56 Å². The molecule has 5 nitrogen and oxygen atoms in total. The van der Waals surface area contributed by atoms with Crippen molar-refractivity contribution < 1.29 is 14.3 Å². The van der Waals surface area contributed by atoms with Crippen LogP contribution in [0.4, 0.5) is 0 Å². The highest BCUT2D eigenvalue weighted by Gasteiger charge is 2.29. The van der Waals surface area contributed by atoms with Crippen molar-refractivity contribution in [2.24, 2.45) is 0 Å². The SMILES string of the molecule is CCC(C(=O)NC(C)C)N(Cc1ccc(Cl)c(Cl)c1)C(=O)COc1ccccc1Cl. The van der Waals surface area contributed by atoms with Crippen LogP contribution in [0.5, 0.6) is 5.75 Å². The van der Waals surface area contributed by atoms with Crippen molar-refractivity contribution >= 4 is 46.6 Å². The maximum atomic E-state index is 13.1. The van der Waals surface area contributed by atoms with Gasteiger partial charge in [-0.1, -0.05) is 59.9 Å². The van der Waals surface area contributed by atoms with E-state index in [0.29, 0.717) is 27.2 Å². The van der Waals surface area contributed by atoms with Crippen LogP contribution in [0.15, 0.2) is 42.5 Å². The first-order valence-electron chi connectivity index (χ1n) is 9.64. The maximum absolute atomic E-state index is 13.1. The average Bonchev–Trinajstić information content (AvgIpc) is 2.69. The van der Waals surface area contributed by atoms with Crippen LogP contribution in [0.3, 0.4) is 0 Å². The molecule has 0 aromatic heterocycles. The van der Waals surface area contributed by atoms with Crippen molar-refractivity contribution in [2.45, 2.75) is 45.8 Å². The maximum Gasteiger partial charge on any atom is 0.261 e. The third kappa shape index (κ3) is 6.79. The van der Waals surface area contributed by atoms with E-state index in [9.17, 15) is 9.59 Å².